The molecule has 3 amide bonds. The largest absolute Gasteiger partial charge is 0.508 e. The van der Waals surface area contributed by atoms with E-state index in [2.05, 4.69) is 10.6 Å². The zero-order valence-electron chi connectivity index (χ0n) is 23.7. The van der Waals surface area contributed by atoms with Gasteiger partial charge in [0.15, 0.2) is 0 Å². The summed E-state index contributed by atoms with van der Waals surface area (Å²) in [5.74, 6) is -1.07. The lowest BCUT2D eigenvalue weighted by atomic mass is 10.1. The van der Waals surface area contributed by atoms with Gasteiger partial charge in [-0.25, -0.2) is 4.79 Å². The second kappa shape index (κ2) is 18.8. The van der Waals surface area contributed by atoms with Gasteiger partial charge >= 0.3 is 6.03 Å². The zero-order chi connectivity index (χ0) is 30.0. The summed E-state index contributed by atoms with van der Waals surface area (Å²) in [7, 11) is 0. The molecule has 6 N–H and O–H groups in total. The van der Waals surface area contributed by atoms with Crippen LogP contribution in [-0.2, 0) is 27.4 Å². The Morgan fingerprint density at radius 3 is 2.44 bits per heavy atom. The number of carboxylic acid groups (broad SMARTS) is 1. The molecule has 0 aromatic heterocycles. The number of nitrogens with one attached hydrogen (secondary N) is 2. The van der Waals surface area contributed by atoms with Gasteiger partial charge < -0.3 is 30.5 Å². The Hall–Kier alpha value is -3.51. The molecule has 1 aliphatic rings. The number of carboxylic acids is 1. The molecule has 1 saturated heterocycles. The van der Waals surface area contributed by atoms with Gasteiger partial charge in [-0.3, -0.25) is 19.8 Å². The summed E-state index contributed by atoms with van der Waals surface area (Å²) in [5, 5.41) is 42.1. The maximum atomic E-state index is 11.8. The van der Waals surface area contributed by atoms with Gasteiger partial charge in [-0.05, 0) is 74.0 Å². The van der Waals surface area contributed by atoms with Crippen LogP contribution in [0.5, 0.6) is 5.75 Å². The number of aliphatic hydroxyl groups is 2. The fourth-order valence-electron chi connectivity index (χ4n) is 4.27. The van der Waals surface area contributed by atoms with Crippen LogP contribution in [0.4, 0.5) is 10.5 Å². The predicted octanol–water partition coefficient (Wildman–Crippen LogP) is 3.25. The molecular formula is C30H43N3O8. The number of amides is 3. The van der Waals surface area contributed by atoms with E-state index in [4.69, 9.17) is 14.6 Å². The number of unbranched alkanes of at least 4 members (excludes halogenated alkanes) is 4. The standard InChI is InChI=1S/C28H39N3O6.C2H4O2/c32-20-23-17-22(11-12-25(23)33)26(34)18-29-13-4-1-2-5-14-37-15-6-3-8-21-9-7-10-24(16-21)31-19-27(35)30-28(31)36;1-2(3)4/h7,9-12,16-17,26,29,32-34H,1-6,8,13-15,18-20H2,(H,30,35,36);1H3,(H,3,4)/t26-;/m0./s1. The van der Waals surface area contributed by atoms with Crippen molar-refractivity contribution in [1.82, 2.24) is 10.6 Å². The van der Waals surface area contributed by atoms with Crippen LogP contribution in [0.3, 0.4) is 0 Å². The molecule has 2 aromatic carbocycles. The number of nitrogens with zero attached hydrogens (tertiary/aromatic N) is 1. The number of imide groups is 1. The number of rotatable bonds is 17. The number of carbonyl (C=O) groups excluding carboxylic acids is 2. The van der Waals surface area contributed by atoms with E-state index in [1.54, 1.807) is 12.1 Å². The minimum atomic E-state index is -0.833. The SMILES string of the molecule is CC(=O)O.O=C1CN(c2cccc(CCCCOCCCCCCNC[C@H](O)c3ccc(O)c(CO)c3)c2)C(=O)N1. The van der Waals surface area contributed by atoms with Crippen molar-refractivity contribution in [2.45, 2.75) is 64.6 Å². The molecule has 226 valence electrons. The normalized spacial score (nSPS) is 13.5. The number of hydrogen-bond acceptors (Lipinski definition) is 8. The maximum absolute atomic E-state index is 11.8. The van der Waals surface area contributed by atoms with E-state index in [-0.39, 0.29) is 30.8 Å². The van der Waals surface area contributed by atoms with Crippen LogP contribution < -0.4 is 15.5 Å². The summed E-state index contributed by atoms with van der Waals surface area (Å²) < 4.78 is 5.75. The predicted molar refractivity (Wildman–Crippen MR) is 155 cm³/mol. The fraction of sp³-hybridized carbons (Fsp3) is 0.500. The highest BCUT2D eigenvalue weighted by Crippen LogP contribution is 2.22. The van der Waals surface area contributed by atoms with E-state index in [0.29, 0.717) is 17.7 Å². The molecule has 0 unspecified atom stereocenters. The second-order valence-electron chi connectivity index (χ2n) is 9.88. The smallest absolute Gasteiger partial charge is 0.329 e. The third kappa shape index (κ3) is 13.1. The molecule has 1 atom stereocenters. The first-order valence-corrected chi connectivity index (χ1v) is 14.0. The van der Waals surface area contributed by atoms with Crippen molar-refractivity contribution in [2.24, 2.45) is 0 Å². The van der Waals surface area contributed by atoms with Crippen LogP contribution in [0.1, 0.15) is 68.2 Å². The average Bonchev–Trinajstić information content (AvgIpc) is 3.28. The number of aromatic hydroxyl groups is 1. The highest BCUT2D eigenvalue weighted by Gasteiger charge is 2.27. The number of carbonyl (C=O) groups is 3. The zero-order valence-corrected chi connectivity index (χ0v) is 23.7. The molecule has 0 aliphatic carbocycles. The van der Waals surface area contributed by atoms with E-state index >= 15 is 0 Å². The lowest BCUT2D eigenvalue weighted by Crippen LogP contribution is -2.27. The fourth-order valence-corrected chi connectivity index (χ4v) is 4.27. The third-order valence-electron chi connectivity index (χ3n) is 6.41. The first-order valence-electron chi connectivity index (χ1n) is 14.0. The first kappa shape index (κ1) is 33.7. The Bertz CT molecular complexity index is 1110. The maximum Gasteiger partial charge on any atom is 0.329 e. The molecule has 2 aromatic rings. The number of aryl methyl sites for hydroxylation is 1. The van der Waals surface area contributed by atoms with Crippen molar-refractivity contribution < 1.29 is 39.5 Å². The molecule has 41 heavy (non-hydrogen) atoms. The minimum absolute atomic E-state index is 0.0345. The highest BCUT2D eigenvalue weighted by molar-refractivity contribution is 6.12. The Kier molecular flexibility index (Phi) is 15.4. The topological polar surface area (TPSA) is 169 Å². The molecule has 0 bridgehead atoms. The summed E-state index contributed by atoms with van der Waals surface area (Å²) in [6.07, 6.45) is 6.43. The van der Waals surface area contributed by atoms with E-state index in [0.717, 1.165) is 82.9 Å². The molecular weight excluding hydrogens is 530 g/mol. The van der Waals surface area contributed by atoms with E-state index in [1.165, 1.54) is 11.0 Å². The quantitative estimate of drug-likeness (QED) is 0.123. The van der Waals surface area contributed by atoms with Crippen molar-refractivity contribution in [3.8, 4) is 5.75 Å². The summed E-state index contributed by atoms with van der Waals surface area (Å²) >= 11 is 0. The van der Waals surface area contributed by atoms with Gasteiger partial charge in [-0.1, -0.05) is 31.0 Å². The summed E-state index contributed by atoms with van der Waals surface area (Å²) in [6, 6.07) is 12.2. The Morgan fingerprint density at radius 2 is 1.76 bits per heavy atom. The van der Waals surface area contributed by atoms with E-state index in [9.17, 15) is 24.9 Å². The Labute approximate surface area is 241 Å². The van der Waals surface area contributed by atoms with Crippen molar-refractivity contribution in [2.75, 3.05) is 37.7 Å². The summed E-state index contributed by atoms with van der Waals surface area (Å²) in [5.41, 5.74) is 2.98. The van der Waals surface area contributed by atoms with Crippen LogP contribution in [0.25, 0.3) is 0 Å². The number of hydrogen-bond donors (Lipinski definition) is 6. The van der Waals surface area contributed by atoms with Crippen LogP contribution in [0, 0.1) is 0 Å². The number of phenols is 1. The first-order chi connectivity index (χ1) is 19.7. The van der Waals surface area contributed by atoms with Crippen LogP contribution in [0.2, 0.25) is 0 Å². The Balaban J connectivity index is 0.00000138. The number of anilines is 1. The number of aliphatic hydroxyl groups excluding tert-OH is 2. The molecule has 3 rings (SSSR count). The average molecular weight is 574 g/mol. The van der Waals surface area contributed by atoms with E-state index in [1.807, 2.05) is 24.3 Å². The van der Waals surface area contributed by atoms with Crippen molar-refractivity contribution in [3.05, 3.63) is 59.2 Å². The van der Waals surface area contributed by atoms with Crippen LogP contribution in [-0.4, -0.2) is 71.2 Å². The van der Waals surface area contributed by atoms with Crippen molar-refractivity contribution in [1.29, 1.82) is 0 Å². The van der Waals surface area contributed by atoms with Crippen molar-refractivity contribution in [3.63, 3.8) is 0 Å². The van der Waals surface area contributed by atoms with Gasteiger partial charge in [0.1, 0.15) is 12.3 Å². The monoisotopic (exact) mass is 573 g/mol. The highest BCUT2D eigenvalue weighted by atomic mass is 16.5. The molecule has 0 spiro atoms. The number of urea groups is 1. The number of aliphatic carboxylic acids is 1. The lowest BCUT2D eigenvalue weighted by Gasteiger charge is -2.14. The van der Waals surface area contributed by atoms with Gasteiger partial charge in [-0.2, -0.15) is 0 Å². The minimum Gasteiger partial charge on any atom is -0.508 e. The van der Waals surface area contributed by atoms with Gasteiger partial charge in [-0.15, -0.1) is 0 Å². The number of benzene rings is 2. The molecule has 11 nitrogen and oxygen atoms in total. The molecule has 11 heteroatoms. The molecule has 1 fully saturated rings. The van der Waals surface area contributed by atoms with Gasteiger partial charge in [0.2, 0.25) is 5.91 Å². The van der Waals surface area contributed by atoms with Crippen LogP contribution in [0.15, 0.2) is 42.5 Å². The third-order valence-corrected chi connectivity index (χ3v) is 6.41. The molecule has 0 radical (unpaired) electrons. The molecule has 0 saturated carbocycles. The lowest BCUT2D eigenvalue weighted by molar-refractivity contribution is -0.134. The van der Waals surface area contributed by atoms with Gasteiger partial charge in [0.25, 0.3) is 5.97 Å². The Morgan fingerprint density at radius 1 is 1.05 bits per heavy atom. The number of ether oxygens (including phenoxy) is 1. The summed E-state index contributed by atoms with van der Waals surface area (Å²) in [4.78, 5) is 33.7. The summed E-state index contributed by atoms with van der Waals surface area (Å²) in [6.45, 7) is 3.64. The van der Waals surface area contributed by atoms with Gasteiger partial charge in [0.05, 0.1) is 12.7 Å². The van der Waals surface area contributed by atoms with Crippen LogP contribution >= 0.6 is 0 Å². The van der Waals surface area contributed by atoms with Crippen molar-refractivity contribution >= 4 is 23.6 Å². The van der Waals surface area contributed by atoms with E-state index < -0.39 is 12.1 Å². The molecule has 1 aliphatic heterocycles. The molecule has 1 heterocycles. The second-order valence-corrected chi connectivity index (χ2v) is 9.88. The van der Waals surface area contributed by atoms with Gasteiger partial charge in [0, 0.05) is 37.9 Å².